The van der Waals surface area contributed by atoms with Gasteiger partial charge in [0.1, 0.15) is 0 Å². The van der Waals surface area contributed by atoms with E-state index in [2.05, 4.69) is 20.8 Å². The Bertz CT molecular complexity index is 55.5. The van der Waals surface area contributed by atoms with E-state index in [1.54, 1.807) is 0 Å². The van der Waals surface area contributed by atoms with Crippen LogP contribution in [-0.2, 0) is 21.7 Å². The first-order chi connectivity index (χ1) is 4.27. The zero-order chi connectivity index (χ0) is 7.11. The number of hydrogen-bond acceptors (Lipinski definition) is 1. The fraction of sp³-hybridized carbons (Fsp3) is 0.889. The Labute approximate surface area is 86.1 Å². The van der Waals surface area contributed by atoms with Crippen LogP contribution in [0.2, 0.25) is 0 Å². The molecule has 0 amide bonds. The predicted octanol–water partition coefficient (Wildman–Crippen LogP) is 3.25. The molecule has 1 N–H and O–H groups in total. The van der Waals surface area contributed by atoms with Crippen molar-refractivity contribution in [3.05, 3.63) is 6.92 Å². The molecule has 0 atom stereocenters. The van der Waals surface area contributed by atoms with Gasteiger partial charge in [0.05, 0.1) is 0 Å². The monoisotopic (exact) mass is 192 g/mol. The molecule has 0 aromatic heterocycles. The minimum absolute atomic E-state index is 0. The van der Waals surface area contributed by atoms with Crippen molar-refractivity contribution in [3.63, 3.8) is 0 Å². The molecule has 0 saturated heterocycles. The number of hydrogen-bond donors (Lipinski definition) is 0. The maximum Gasteiger partial charge on any atom is 2.00 e. The Balaban J connectivity index is -0.000000320. The molecule has 0 aliphatic heterocycles. The van der Waals surface area contributed by atoms with Crippen molar-refractivity contribution in [1.29, 1.82) is 0 Å². The Hall–Kier alpha value is 0.674. The van der Waals surface area contributed by atoms with Gasteiger partial charge in [-0.3, -0.25) is 0 Å². The minimum Gasteiger partial charge on any atom is -0.870 e. The van der Waals surface area contributed by atoms with Gasteiger partial charge >= 0.3 is 21.7 Å². The van der Waals surface area contributed by atoms with Gasteiger partial charge in [-0.2, -0.15) is 6.42 Å². The minimum atomic E-state index is 0. The van der Waals surface area contributed by atoms with Crippen molar-refractivity contribution < 1.29 is 27.2 Å². The molecule has 66 valence electrons. The summed E-state index contributed by atoms with van der Waals surface area (Å²) in [5.74, 6) is 0.884. The van der Waals surface area contributed by atoms with Crippen LogP contribution in [0.3, 0.4) is 0 Å². The molecule has 0 saturated carbocycles. The molecule has 0 heterocycles. The molecule has 0 aromatic rings. The van der Waals surface area contributed by atoms with Crippen LogP contribution in [0.4, 0.5) is 0 Å². The van der Waals surface area contributed by atoms with Crippen LogP contribution in [0.15, 0.2) is 0 Å². The third-order valence-corrected chi connectivity index (χ3v) is 1.53. The summed E-state index contributed by atoms with van der Waals surface area (Å²) in [4.78, 5) is 0. The van der Waals surface area contributed by atoms with Crippen molar-refractivity contribution in [2.45, 2.75) is 46.0 Å². The SMILES string of the molecule is [CH2-]CCCCCC(C)C.[OH-].[Ti+2]. The van der Waals surface area contributed by atoms with Crippen LogP contribution in [0.1, 0.15) is 46.0 Å². The summed E-state index contributed by atoms with van der Waals surface area (Å²) >= 11 is 0. The zero-order valence-corrected chi connectivity index (χ0v) is 9.33. The van der Waals surface area contributed by atoms with E-state index in [4.69, 9.17) is 0 Å². The first-order valence-corrected chi connectivity index (χ1v) is 4.06. The topological polar surface area (TPSA) is 30.0 Å². The average Bonchev–Trinajstić information content (AvgIpc) is 1.80. The molecule has 0 spiro atoms. The first kappa shape index (κ1) is 17.7. The summed E-state index contributed by atoms with van der Waals surface area (Å²) in [6, 6.07) is 0. The van der Waals surface area contributed by atoms with Crippen LogP contribution in [0.25, 0.3) is 0 Å². The van der Waals surface area contributed by atoms with Gasteiger partial charge in [-0.25, -0.2) is 0 Å². The van der Waals surface area contributed by atoms with E-state index in [1.807, 2.05) is 0 Å². The Morgan fingerprint density at radius 2 is 1.64 bits per heavy atom. The quantitative estimate of drug-likeness (QED) is 0.373. The van der Waals surface area contributed by atoms with Crippen molar-refractivity contribution in [1.82, 2.24) is 0 Å². The summed E-state index contributed by atoms with van der Waals surface area (Å²) in [6.45, 7) is 8.37. The Kier molecular flexibility index (Phi) is 21.3. The van der Waals surface area contributed by atoms with Crippen molar-refractivity contribution in [2.24, 2.45) is 5.92 Å². The molecule has 11 heavy (non-hydrogen) atoms. The van der Waals surface area contributed by atoms with Crippen molar-refractivity contribution >= 4 is 0 Å². The second-order valence-corrected chi connectivity index (χ2v) is 3.10. The van der Waals surface area contributed by atoms with E-state index in [0.29, 0.717) is 0 Å². The second kappa shape index (κ2) is 13.3. The third-order valence-electron chi connectivity index (χ3n) is 1.53. The molecule has 0 unspecified atom stereocenters. The van der Waals surface area contributed by atoms with E-state index in [9.17, 15) is 0 Å². The summed E-state index contributed by atoms with van der Waals surface area (Å²) in [5, 5.41) is 0. The van der Waals surface area contributed by atoms with Gasteiger partial charge in [-0.15, -0.1) is 0 Å². The first-order valence-electron chi connectivity index (χ1n) is 4.06. The van der Waals surface area contributed by atoms with Crippen LogP contribution in [0.5, 0.6) is 0 Å². The van der Waals surface area contributed by atoms with E-state index in [-0.39, 0.29) is 27.2 Å². The van der Waals surface area contributed by atoms with Crippen LogP contribution in [-0.4, -0.2) is 5.48 Å². The number of unbranched alkanes of at least 4 members (excludes halogenated alkanes) is 3. The molecule has 2 heteroatoms. The number of rotatable bonds is 5. The second-order valence-electron chi connectivity index (χ2n) is 3.10. The summed E-state index contributed by atoms with van der Waals surface area (Å²) in [7, 11) is 0. The van der Waals surface area contributed by atoms with Gasteiger partial charge in [0.25, 0.3) is 0 Å². The molecule has 0 radical (unpaired) electrons. The molecule has 0 aliphatic rings. The summed E-state index contributed by atoms with van der Waals surface area (Å²) in [6.07, 6.45) is 6.58. The standard InChI is InChI=1S/C9H19.H2O.Ti/c1-4-5-6-7-8-9(2)3;;/h9H,1,4-8H2,2-3H3;1H2;/q-1;;+2/p-1. The molecule has 0 fully saturated rings. The fourth-order valence-electron chi connectivity index (χ4n) is 0.906. The van der Waals surface area contributed by atoms with E-state index in [0.717, 1.165) is 12.3 Å². The molecule has 0 aliphatic carbocycles. The van der Waals surface area contributed by atoms with Crippen molar-refractivity contribution in [3.8, 4) is 0 Å². The van der Waals surface area contributed by atoms with E-state index in [1.165, 1.54) is 25.7 Å². The molecule has 0 rings (SSSR count). The molecule has 1 nitrogen and oxygen atoms in total. The Morgan fingerprint density at radius 1 is 1.09 bits per heavy atom. The maximum absolute atomic E-state index is 3.80. The van der Waals surface area contributed by atoms with Gasteiger partial charge in [-0.05, 0) is 5.92 Å². The molecular formula is C9H20OTi. The van der Waals surface area contributed by atoms with Gasteiger partial charge in [0.2, 0.25) is 0 Å². The Morgan fingerprint density at radius 3 is 2.00 bits per heavy atom. The fourth-order valence-corrected chi connectivity index (χ4v) is 0.906. The van der Waals surface area contributed by atoms with Crippen LogP contribution >= 0.6 is 0 Å². The van der Waals surface area contributed by atoms with Crippen molar-refractivity contribution in [2.75, 3.05) is 0 Å². The van der Waals surface area contributed by atoms with E-state index < -0.39 is 0 Å². The molecular weight excluding hydrogens is 172 g/mol. The summed E-state index contributed by atoms with van der Waals surface area (Å²) in [5.41, 5.74) is 0. The normalized spacial score (nSPS) is 8.73. The van der Waals surface area contributed by atoms with Gasteiger partial charge in [-0.1, -0.05) is 39.5 Å². The molecule has 0 bridgehead atoms. The van der Waals surface area contributed by atoms with Crippen LogP contribution < -0.4 is 0 Å². The average molecular weight is 192 g/mol. The molecule has 0 aromatic carbocycles. The summed E-state index contributed by atoms with van der Waals surface area (Å²) < 4.78 is 0. The predicted molar refractivity (Wildman–Crippen MR) is 45.2 cm³/mol. The zero-order valence-electron chi connectivity index (χ0n) is 7.77. The largest absolute Gasteiger partial charge is 2.00 e. The van der Waals surface area contributed by atoms with E-state index >= 15 is 0 Å². The van der Waals surface area contributed by atoms with Gasteiger partial charge in [0.15, 0.2) is 0 Å². The third kappa shape index (κ3) is 18.0. The van der Waals surface area contributed by atoms with Gasteiger partial charge in [0, 0.05) is 0 Å². The van der Waals surface area contributed by atoms with Gasteiger partial charge < -0.3 is 12.4 Å². The maximum atomic E-state index is 3.80. The van der Waals surface area contributed by atoms with Crippen LogP contribution in [0, 0.1) is 12.8 Å². The smallest absolute Gasteiger partial charge is 0.870 e.